The lowest BCUT2D eigenvalue weighted by Crippen LogP contribution is -2.12. The van der Waals surface area contributed by atoms with Gasteiger partial charge in [0.1, 0.15) is 5.82 Å². The number of nitrogens with one attached hydrogen (secondary N) is 1. The van der Waals surface area contributed by atoms with Gasteiger partial charge in [0.15, 0.2) is 0 Å². The van der Waals surface area contributed by atoms with Gasteiger partial charge in [-0.25, -0.2) is 4.98 Å². The highest BCUT2D eigenvalue weighted by Gasteiger charge is 2.16. The SMILES string of the molecule is O=C(Nc1ccc(-c2cnc3n2CCC3)cc1)c1cccc2ccccc12. The molecule has 1 aliphatic heterocycles. The zero-order valence-corrected chi connectivity index (χ0v) is 14.9. The third-order valence-corrected chi connectivity index (χ3v) is 5.19. The summed E-state index contributed by atoms with van der Waals surface area (Å²) in [6, 6.07) is 21.7. The van der Waals surface area contributed by atoms with Crippen LogP contribution in [0.1, 0.15) is 22.6 Å². The molecule has 1 N–H and O–H groups in total. The van der Waals surface area contributed by atoms with Crippen LogP contribution in [0, 0.1) is 0 Å². The monoisotopic (exact) mass is 353 g/mol. The van der Waals surface area contributed by atoms with Crippen LogP contribution in [0.4, 0.5) is 5.69 Å². The van der Waals surface area contributed by atoms with Gasteiger partial charge in [0.25, 0.3) is 5.91 Å². The third-order valence-electron chi connectivity index (χ3n) is 5.19. The molecule has 1 aliphatic rings. The Bertz CT molecular complexity index is 1140. The molecule has 0 radical (unpaired) electrons. The van der Waals surface area contributed by atoms with Gasteiger partial charge in [-0.3, -0.25) is 4.79 Å². The Morgan fingerprint density at radius 2 is 1.78 bits per heavy atom. The largest absolute Gasteiger partial charge is 0.328 e. The van der Waals surface area contributed by atoms with E-state index in [1.54, 1.807) is 0 Å². The van der Waals surface area contributed by atoms with Gasteiger partial charge in [-0.15, -0.1) is 0 Å². The van der Waals surface area contributed by atoms with Crippen molar-refractivity contribution < 1.29 is 4.79 Å². The molecule has 0 atom stereocenters. The number of amides is 1. The van der Waals surface area contributed by atoms with Gasteiger partial charge >= 0.3 is 0 Å². The standard InChI is InChI=1S/C23H19N3O/c27-23(20-8-3-6-16-5-1-2-7-19(16)20)25-18-12-10-17(11-13-18)21-15-24-22-9-4-14-26(21)22/h1-3,5-8,10-13,15H,4,9,14H2,(H,25,27). The van der Waals surface area contributed by atoms with Gasteiger partial charge in [-0.1, -0.05) is 48.5 Å². The molecule has 27 heavy (non-hydrogen) atoms. The second-order valence-electron chi connectivity index (χ2n) is 6.87. The summed E-state index contributed by atoms with van der Waals surface area (Å²) in [4.78, 5) is 17.3. The van der Waals surface area contributed by atoms with Crippen molar-refractivity contribution in [3.63, 3.8) is 0 Å². The van der Waals surface area contributed by atoms with Gasteiger partial charge in [-0.2, -0.15) is 0 Å². The molecule has 4 aromatic rings. The van der Waals surface area contributed by atoms with Crippen LogP contribution in [0.2, 0.25) is 0 Å². The first-order valence-electron chi connectivity index (χ1n) is 9.23. The third kappa shape index (κ3) is 2.79. The number of carbonyl (C=O) groups is 1. The van der Waals surface area contributed by atoms with Crippen molar-refractivity contribution in [3.8, 4) is 11.3 Å². The van der Waals surface area contributed by atoms with Crippen LogP contribution in [-0.4, -0.2) is 15.5 Å². The average Bonchev–Trinajstić information content (AvgIpc) is 3.32. The number of hydrogen-bond acceptors (Lipinski definition) is 2. The summed E-state index contributed by atoms with van der Waals surface area (Å²) >= 11 is 0. The normalized spacial score (nSPS) is 12.9. The molecule has 0 aliphatic carbocycles. The van der Waals surface area contributed by atoms with Crippen LogP contribution in [0.25, 0.3) is 22.0 Å². The first-order valence-corrected chi connectivity index (χ1v) is 9.23. The highest BCUT2D eigenvalue weighted by molar-refractivity contribution is 6.12. The van der Waals surface area contributed by atoms with Crippen molar-refractivity contribution in [2.75, 3.05) is 5.32 Å². The highest BCUT2D eigenvalue weighted by Crippen LogP contribution is 2.27. The maximum Gasteiger partial charge on any atom is 0.256 e. The summed E-state index contributed by atoms with van der Waals surface area (Å²) in [5.74, 6) is 1.07. The number of carbonyl (C=O) groups excluding carboxylic acids is 1. The summed E-state index contributed by atoms with van der Waals surface area (Å²) < 4.78 is 2.28. The fourth-order valence-electron chi connectivity index (χ4n) is 3.83. The first kappa shape index (κ1) is 15.8. The van der Waals surface area contributed by atoms with Crippen molar-refractivity contribution in [2.45, 2.75) is 19.4 Å². The molecule has 0 unspecified atom stereocenters. The molecular formula is C23H19N3O. The van der Waals surface area contributed by atoms with Gasteiger partial charge in [0, 0.05) is 24.2 Å². The van der Waals surface area contributed by atoms with Crippen molar-refractivity contribution in [3.05, 3.63) is 84.3 Å². The van der Waals surface area contributed by atoms with Gasteiger partial charge in [0.2, 0.25) is 0 Å². The minimum Gasteiger partial charge on any atom is -0.328 e. The van der Waals surface area contributed by atoms with Crippen molar-refractivity contribution in [1.82, 2.24) is 9.55 Å². The van der Waals surface area contributed by atoms with Crippen molar-refractivity contribution in [2.24, 2.45) is 0 Å². The topological polar surface area (TPSA) is 46.9 Å². The lowest BCUT2D eigenvalue weighted by Gasteiger charge is -2.09. The van der Waals surface area contributed by atoms with E-state index in [2.05, 4.69) is 14.9 Å². The molecule has 4 nitrogen and oxygen atoms in total. The van der Waals surface area contributed by atoms with Crippen LogP contribution in [0.3, 0.4) is 0 Å². The van der Waals surface area contributed by atoms with E-state index >= 15 is 0 Å². The van der Waals surface area contributed by atoms with Crippen LogP contribution >= 0.6 is 0 Å². The minimum absolute atomic E-state index is 0.0928. The van der Waals surface area contributed by atoms with Crippen LogP contribution < -0.4 is 5.32 Å². The summed E-state index contributed by atoms with van der Waals surface area (Å²) in [5, 5.41) is 5.04. The molecule has 1 aromatic heterocycles. The Kier molecular flexibility index (Phi) is 3.75. The van der Waals surface area contributed by atoms with Gasteiger partial charge in [-0.05, 0) is 41.0 Å². The molecular weight excluding hydrogens is 334 g/mol. The Morgan fingerprint density at radius 3 is 2.67 bits per heavy atom. The van der Waals surface area contributed by atoms with E-state index in [0.717, 1.165) is 47.1 Å². The molecule has 4 heteroatoms. The number of rotatable bonds is 3. The molecule has 132 valence electrons. The number of aromatic nitrogens is 2. The van der Waals surface area contributed by atoms with E-state index in [1.165, 1.54) is 5.82 Å². The average molecular weight is 353 g/mol. The van der Waals surface area contributed by atoms with Gasteiger partial charge < -0.3 is 9.88 Å². The number of nitrogens with zero attached hydrogens (tertiary/aromatic N) is 2. The predicted molar refractivity (Wildman–Crippen MR) is 108 cm³/mol. The van der Waals surface area contributed by atoms with Crippen LogP contribution in [-0.2, 0) is 13.0 Å². The Hall–Kier alpha value is -3.40. The lowest BCUT2D eigenvalue weighted by molar-refractivity contribution is 0.102. The van der Waals surface area contributed by atoms with Crippen LogP contribution in [0.5, 0.6) is 0 Å². The Balaban J connectivity index is 1.40. The maximum absolute atomic E-state index is 12.8. The molecule has 0 bridgehead atoms. The van der Waals surface area contributed by atoms with Crippen LogP contribution in [0.15, 0.2) is 72.9 Å². The highest BCUT2D eigenvalue weighted by atomic mass is 16.1. The lowest BCUT2D eigenvalue weighted by atomic mass is 10.0. The zero-order valence-electron chi connectivity index (χ0n) is 14.9. The predicted octanol–water partition coefficient (Wildman–Crippen LogP) is 4.90. The number of fused-ring (bicyclic) bond motifs is 2. The van der Waals surface area contributed by atoms with E-state index in [4.69, 9.17) is 0 Å². The molecule has 0 fully saturated rings. The molecule has 0 saturated carbocycles. The van der Waals surface area contributed by atoms with Gasteiger partial charge in [0.05, 0.1) is 11.9 Å². The van der Waals surface area contributed by atoms with E-state index in [-0.39, 0.29) is 5.91 Å². The van der Waals surface area contributed by atoms with E-state index in [1.807, 2.05) is 72.9 Å². The molecule has 0 saturated heterocycles. The molecule has 0 spiro atoms. The number of imidazole rings is 1. The number of hydrogen-bond donors (Lipinski definition) is 1. The maximum atomic E-state index is 12.8. The number of aryl methyl sites for hydroxylation is 1. The fraction of sp³-hybridized carbons (Fsp3) is 0.130. The van der Waals surface area contributed by atoms with Crippen molar-refractivity contribution in [1.29, 1.82) is 0 Å². The number of anilines is 1. The minimum atomic E-state index is -0.0928. The van der Waals surface area contributed by atoms with E-state index in [0.29, 0.717) is 5.56 Å². The quantitative estimate of drug-likeness (QED) is 0.569. The first-order chi connectivity index (χ1) is 13.3. The van der Waals surface area contributed by atoms with Crippen molar-refractivity contribution >= 4 is 22.4 Å². The zero-order chi connectivity index (χ0) is 18.2. The fourth-order valence-corrected chi connectivity index (χ4v) is 3.83. The van der Waals surface area contributed by atoms with E-state index < -0.39 is 0 Å². The summed E-state index contributed by atoms with van der Waals surface area (Å²) in [5.41, 5.74) is 3.75. The summed E-state index contributed by atoms with van der Waals surface area (Å²) in [7, 11) is 0. The summed E-state index contributed by atoms with van der Waals surface area (Å²) in [6.07, 6.45) is 4.16. The Labute approximate surface area is 157 Å². The smallest absolute Gasteiger partial charge is 0.256 e. The molecule has 5 rings (SSSR count). The number of benzene rings is 3. The molecule has 3 aromatic carbocycles. The molecule has 2 heterocycles. The Morgan fingerprint density at radius 1 is 0.963 bits per heavy atom. The molecule has 1 amide bonds. The summed E-state index contributed by atoms with van der Waals surface area (Å²) in [6.45, 7) is 1.03. The second-order valence-corrected chi connectivity index (χ2v) is 6.87. The second kappa shape index (κ2) is 6.40. The van der Waals surface area contributed by atoms with E-state index in [9.17, 15) is 4.79 Å².